The standard InChI is InChI=1S/C23H22N4O7S/c1-23(2,3)18(28)11-20-26(12-19(29)25-22(24)31)21(30)17(35-20)10-15-7-8-16(34-15)13-5-4-6-14(9-13)27(32)33/h4-11H,12H2,1-3H3,(H3,24,25,29,31)/b17-10-,20-11-. The molecule has 2 heterocycles. The quantitative estimate of drug-likeness (QED) is 0.383. The smallest absolute Gasteiger partial charge is 0.318 e. The summed E-state index contributed by atoms with van der Waals surface area (Å²) in [6.07, 6.45) is 2.72. The zero-order valence-electron chi connectivity index (χ0n) is 19.1. The first kappa shape index (κ1) is 25.3. The van der Waals surface area contributed by atoms with Gasteiger partial charge in [0.25, 0.3) is 11.2 Å². The van der Waals surface area contributed by atoms with Crippen LogP contribution in [0.15, 0.2) is 45.6 Å². The van der Waals surface area contributed by atoms with Crippen molar-refractivity contribution in [3.63, 3.8) is 0 Å². The van der Waals surface area contributed by atoms with Gasteiger partial charge in [-0.05, 0) is 12.1 Å². The molecule has 3 amide bonds. The second-order valence-corrected chi connectivity index (χ2v) is 9.58. The number of nitrogens with zero attached hydrogens (tertiary/aromatic N) is 2. The lowest BCUT2D eigenvalue weighted by Crippen LogP contribution is -2.42. The number of ketones is 1. The molecule has 3 rings (SSSR count). The van der Waals surface area contributed by atoms with E-state index in [1.807, 2.05) is 5.32 Å². The van der Waals surface area contributed by atoms with Gasteiger partial charge in [-0.15, -0.1) is 11.3 Å². The molecule has 0 aliphatic heterocycles. The van der Waals surface area contributed by atoms with Crippen LogP contribution in [0.25, 0.3) is 23.5 Å². The topological polar surface area (TPSA) is 168 Å². The minimum Gasteiger partial charge on any atom is -0.457 e. The van der Waals surface area contributed by atoms with Crippen LogP contribution in [0.5, 0.6) is 0 Å². The first-order valence-corrected chi connectivity index (χ1v) is 11.1. The van der Waals surface area contributed by atoms with Gasteiger partial charge in [-0.1, -0.05) is 32.9 Å². The van der Waals surface area contributed by atoms with Crippen molar-refractivity contribution < 1.29 is 23.7 Å². The number of hydrogen-bond acceptors (Lipinski definition) is 8. The zero-order chi connectivity index (χ0) is 25.9. The van der Waals surface area contributed by atoms with Gasteiger partial charge < -0.3 is 10.2 Å². The number of carbonyl (C=O) groups is 3. The monoisotopic (exact) mass is 498 g/mol. The number of rotatable bonds is 6. The van der Waals surface area contributed by atoms with Crippen molar-refractivity contribution in [3.8, 4) is 11.3 Å². The van der Waals surface area contributed by atoms with E-state index < -0.39 is 34.4 Å². The average molecular weight is 499 g/mol. The van der Waals surface area contributed by atoms with Gasteiger partial charge >= 0.3 is 6.03 Å². The summed E-state index contributed by atoms with van der Waals surface area (Å²) in [6, 6.07) is 8.03. The Bertz CT molecular complexity index is 1510. The normalized spacial score (nSPS) is 12.5. The molecule has 0 radical (unpaired) electrons. The summed E-state index contributed by atoms with van der Waals surface area (Å²) in [7, 11) is 0. The van der Waals surface area contributed by atoms with Crippen LogP contribution in [0.4, 0.5) is 10.5 Å². The van der Waals surface area contributed by atoms with Crippen molar-refractivity contribution in [1.82, 2.24) is 9.88 Å². The third-order valence-corrected chi connectivity index (χ3v) is 5.80. The lowest BCUT2D eigenvalue weighted by molar-refractivity contribution is -0.384. The van der Waals surface area contributed by atoms with Gasteiger partial charge in [-0.3, -0.25) is 34.4 Å². The lowest BCUT2D eigenvalue weighted by Gasteiger charge is -2.12. The molecule has 1 aromatic carbocycles. The van der Waals surface area contributed by atoms with Crippen LogP contribution < -0.4 is 25.8 Å². The average Bonchev–Trinajstić information content (AvgIpc) is 3.33. The SMILES string of the molecule is CC(C)(C)C(=O)/C=c1\s/c(=C\c2ccc(-c3cccc([N+](=O)[O-])c3)o2)c(=O)n1CC(=O)NC(N)=O. The molecule has 3 aromatic rings. The van der Waals surface area contributed by atoms with Gasteiger partial charge in [0.15, 0.2) is 5.78 Å². The fourth-order valence-electron chi connectivity index (χ4n) is 2.93. The molecule has 12 heteroatoms. The van der Waals surface area contributed by atoms with Crippen molar-refractivity contribution >= 4 is 46.9 Å². The van der Waals surface area contributed by atoms with Gasteiger partial charge in [-0.2, -0.15) is 0 Å². The number of benzene rings is 1. The Morgan fingerprint density at radius 3 is 2.57 bits per heavy atom. The van der Waals surface area contributed by atoms with Crippen LogP contribution in [0, 0.1) is 15.5 Å². The number of primary amides is 1. The zero-order valence-corrected chi connectivity index (χ0v) is 19.9. The maximum atomic E-state index is 13.0. The number of nitrogens with two attached hydrogens (primary N) is 1. The van der Waals surface area contributed by atoms with E-state index in [0.29, 0.717) is 11.3 Å². The Hall–Kier alpha value is -4.32. The molecule has 0 saturated carbocycles. The number of Topliss-reactive ketones (excluding diaryl/α,β-unsaturated/α-hetero) is 1. The number of hydrogen-bond donors (Lipinski definition) is 2. The minimum absolute atomic E-state index is 0.0940. The van der Waals surface area contributed by atoms with Gasteiger partial charge in [0.1, 0.15) is 22.7 Å². The van der Waals surface area contributed by atoms with E-state index in [9.17, 15) is 29.3 Å². The Balaban J connectivity index is 2.08. The van der Waals surface area contributed by atoms with Gasteiger partial charge in [0, 0.05) is 35.3 Å². The van der Waals surface area contributed by atoms with E-state index in [0.717, 1.165) is 15.9 Å². The summed E-state index contributed by atoms with van der Waals surface area (Å²) in [6.45, 7) is 4.62. The van der Waals surface area contributed by atoms with Crippen LogP contribution in [0.3, 0.4) is 0 Å². The number of nitrogens with one attached hydrogen (secondary N) is 1. The highest BCUT2D eigenvalue weighted by molar-refractivity contribution is 7.07. The third kappa shape index (κ3) is 6.18. The van der Waals surface area contributed by atoms with Gasteiger partial charge in [0.05, 0.1) is 9.46 Å². The minimum atomic E-state index is -1.06. The number of carbonyl (C=O) groups excluding carboxylic acids is 3. The number of urea groups is 1. The van der Waals surface area contributed by atoms with Crippen LogP contribution in [0.1, 0.15) is 26.5 Å². The molecule has 0 unspecified atom stereocenters. The molecular weight excluding hydrogens is 476 g/mol. The van der Waals surface area contributed by atoms with Crippen molar-refractivity contribution in [2.75, 3.05) is 0 Å². The van der Waals surface area contributed by atoms with Crippen molar-refractivity contribution in [2.45, 2.75) is 27.3 Å². The largest absolute Gasteiger partial charge is 0.457 e. The number of non-ortho nitro benzene ring substituents is 1. The predicted molar refractivity (Wildman–Crippen MR) is 129 cm³/mol. The lowest BCUT2D eigenvalue weighted by atomic mass is 9.91. The first-order chi connectivity index (χ1) is 16.3. The molecule has 0 aliphatic carbocycles. The summed E-state index contributed by atoms with van der Waals surface area (Å²) >= 11 is 0.971. The van der Waals surface area contributed by atoms with Crippen molar-refractivity contribution in [2.24, 2.45) is 11.1 Å². The highest BCUT2D eigenvalue weighted by atomic mass is 32.1. The second-order valence-electron chi connectivity index (χ2n) is 8.52. The molecule has 0 fully saturated rings. The fraction of sp³-hybridized carbons (Fsp3) is 0.217. The summed E-state index contributed by atoms with van der Waals surface area (Å²) < 4.78 is 7.20. The molecule has 3 N–H and O–H groups in total. The number of nitro groups is 1. The van der Waals surface area contributed by atoms with Crippen LogP contribution in [0.2, 0.25) is 0 Å². The number of thiazole rings is 1. The van der Waals surface area contributed by atoms with Crippen molar-refractivity contribution in [1.29, 1.82) is 0 Å². The maximum Gasteiger partial charge on any atom is 0.318 e. The number of nitro benzene ring substituents is 1. The summed E-state index contributed by atoms with van der Waals surface area (Å²) in [5.74, 6) is -0.437. The highest BCUT2D eigenvalue weighted by Gasteiger charge is 2.20. The number of aromatic nitrogens is 1. The fourth-order valence-corrected chi connectivity index (χ4v) is 3.95. The number of amides is 3. The number of imide groups is 1. The first-order valence-electron chi connectivity index (χ1n) is 10.3. The summed E-state index contributed by atoms with van der Waals surface area (Å²) in [5, 5.41) is 12.9. The molecule has 2 aromatic heterocycles. The van der Waals surface area contributed by atoms with E-state index in [4.69, 9.17) is 10.2 Å². The molecule has 0 saturated heterocycles. The van der Waals surface area contributed by atoms with Gasteiger partial charge in [-0.25, -0.2) is 4.79 Å². The predicted octanol–water partition coefficient (Wildman–Crippen LogP) is 1.50. The van der Waals surface area contributed by atoms with E-state index >= 15 is 0 Å². The molecule has 0 spiro atoms. The Morgan fingerprint density at radius 1 is 1.23 bits per heavy atom. The Kier molecular flexibility index (Phi) is 7.15. The maximum absolute atomic E-state index is 13.0. The molecule has 11 nitrogen and oxygen atoms in total. The van der Waals surface area contributed by atoms with E-state index in [2.05, 4.69) is 0 Å². The molecular formula is C23H22N4O7S. The number of furan rings is 1. The molecule has 0 bridgehead atoms. The highest BCUT2D eigenvalue weighted by Crippen LogP contribution is 2.26. The second kappa shape index (κ2) is 9.89. The Morgan fingerprint density at radius 2 is 1.94 bits per heavy atom. The summed E-state index contributed by atoms with van der Waals surface area (Å²) in [4.78, 5) is 59.2. The molecule has 0 atom stereocenters. The van der Waals surface area contributed by atoms with E-state index in [1.54, 1.807) is 39.0 Å². The molecule has 35 heavy (non-hydrogen) atoms. The Labute approximate surface area is 202 Å². The van der Waals surface area contributed by atoms with Crippen LogP contribution in [-0.2, 0) is 16.1 Å². The van der Waals surface area contributed by atoms with Gasteiger partial charge in [0.2, 0.25) is 5.91 Å². The van der Waals surface area contributed by atoms with E-state index in [-0.39, 0.29) is 26.4 Å². The van der Waals surface area contributed by atoms with Crippen LogP contribution >= 0.6 is 11.3 Å². The van der Waals surface area contributed by atoms with E-state index in [1.165, 1.54) is 30.4 Å². The third-order valence-electron chi connectivity index (χ3n) is 4.74. The van der Waals surface area contributed by atoms with Crippen molar-refractivity contribution in [3.05, 3.63) is 71.8 Å². The molecule has 182 valence electrons. The van der Waals surface area contributed by atoms with Crippen LogP contribution in [-0.4, -0.2) is 27.2 Å². The summed E-state index contributed by atoms with van der Waals surface area (Å²) in [5.41, 5.74) is 4.06. The molecule has 0 aliphatic rings.